The lowest BCUT2D eigenvalue weighted by Crippen LogP contribution is -2.03. The number of carbonyl (C=O) groups is 1. The number of carbonyl (C=O) groups excluding carboxylic acids is 1. The molecule has 98 valence electrons. The van der Waals surface area contributed by atoms with E-state index in [2.05, 4.69) is 9.97 Å². The van der Waals surface area contributed by atoms with E-state index in [1.807, 2.05) is 0 Å². The summed E-state index contributed by atoms with van der Waals surface area (Å²) in [6, 6.07) is 6.59. The molecule has 5 heteroatoms. The number of hydrogen-bond donors (Lipinski definition) is 0. The van der Waals surface area contributed by atoms with Gasteiger partial charge in [-0.1, -0.05) is 12.1 Å². The van der Waals surface area contributed by atoms with E-state index in [-0.39, 0.29) is 11.6 Å². The zero-order valence-corrected chi connectivity index (χ0v) is 11.5. The van der Waals surface area contributed by atoms with Crippen molar-refractivity contribution in [2.45, 2.75) is 24.5 Å². The maximum Gasteiger partial charge on any atom is 0.163 e. The summed E-state index contributed by atoms with van der Waals surface area (Å²) in [4.78, 5) is 20.2. The molecule has 0 amide bonds. The van der Waals surface area contributed by atoms with Gasteiger partial charge in [0.2, 0.25) is 0 Å². The number of halogens is 1. The van der Waals surface area contributed by atoms with Crippen molar-refractivity contribution in [2.24, 2.45) is 0 Å². The van der Waals surface area contributed by atoms with E-state index in [1.54, 1.807) is 25.1 Å². The third kappa shape index (κ3) is 3.38. The molecule has 0 aliphatic carbocycles. The Morgan fingerprint density at radius 3 is 2.74 bits per heavy atom. The van der Waals surface area contributed by atoms with E-state index in [0.29, 0.717) is 27.7 Å². The Bertz CT molecular complexity index is 616. The molecule has 1 aromatic carbocycles. The molecular weight excluding hydrogens is 263 g/mol. The Morgan fingerprint density at radius 1 is 1.37 bits per heavy atom. The van der Waals surface area contributed by atoms with Crippen LogP contribution in [0, 0.1) is 12.7 Å². The van der Waals surface area contributed by atoms with Crippen LogP contribution in [0.5, 0.6) is 0 Å². The van der Waals surface area contributed by atoms with Gasteiger partial charge < -0.3 is 0 Å². The molecule has 1 heterocycles. The molecule has 0 saturated carbocycles. The molecule has 2 rings (SSSR count). The predicted molar refractivity (Wildman–Crippen MR) is 72.7 cm³/mol. The van der Waals surface area contributed by atoms with Gasteiger partial charge in [0.25, 0.3) is 0 Å². The normalized spacial score (nSPS) is 10.5. The highest BCUT2D eigenvalue weighted by Crippen LogP contribution is 2.24. The van der Waals surface area contributed by atoms with Crippen LogP contribution < -0.4 is 0 Å². The van der Waals surface area contributed by atoms with Crippen LogP contribution in [0.25, 0.3) is 0 Å². The molecule has 19 heavy (non-hydrogen) atoms. The second kappa shape index (κ2) is 5.93. The summed E-state index contributed by atoms with van der Waals surface area (Å²) in [5.41, 5.74) is 1.19. The van der Waals surface area contributed by atoms with Crippen LogP contribution in [0.3, 0.4) is 0 Å². The Balaban J connectivity index is 2.11. The second-order valence-corrected chi connectivity index (χ2v) is 5.08. The fourth-order valence-electron chi connectivity index (χ4n) is 1.63. The van der Waals surface area contributed by atoms with Crippen molar-refractivity contribution >= 4 is 17.5 Å². The minimum absolute atomic E-state index is 0.0502. The Hall–Kier alpha value is -1.75. The molecule has 0 aliphatic rings. The summed E-state index contributed by atoms with van der Waals surface area (Å²) >= 11 is 1.34. The smallest absolute Gasteiger partial charge is 0.163 e. The molecule has 0 saturated heterocycles. The van der Waals surface area contributed by atoms with Crippen LogP contribution in [-0.2, 0) is 5.75 Å². The van der Waals surface area contributed by atoms with Crippen molar-refractivity contribution in [2.75, 3.05) is 0 Å². The lowest BCUT2D eigenvalue weighted by molar-refractivity contribution is 0.101. The minimum atomic E-state index is -0.246. The number of aryl methyl sites for hydroxylation is 1. The molecule has 0 spiro atoms. The Labute approximate surface area is 115 Å². The third-order valence-corrected chi connectivity index (χ3v) is 3.65. The van der Waals surface area contributed by atoms with Gasteiger partial charge in [0.1, 0.15) is 11.6 Å². The van der Waals surface area contributed by atoms with Crippen LogP contribution >= 0.6 is 11.8 Å². The average Bonchev–Trinajstić information content (AvgIpc) is 2.37. The number of thioether (sulfide) groups is 1. The van der Waals surface area contributed by atoms with Crippen molar-refractivity contribution < 1.29 is 9.18 Å². The van der Waals surface area contributed by atoms with Crippen LogP contribution in [0.4, 0.5) is 4.39 Å². The highest BCUT2D eigenvalue weighted by molar-refractivity contribution is 7.98. The highest BCUT2D eigenvalue weighted by Gasteiger charge is 2.08. The third-order valence-electron chi connectivity index (χ3n) is 2.60. The maximum absolute atomic E-state index is 13.4. The molecule has 0 unspecified atom stereocenters. The van der Waals surface area contributed by atoms with Crippen molar-refractivity contribution in [1.82, 2.24) is 9.97 Å². The van der Waals surface area contributed by atoms with E-state index < -0.39 is 0 Å². The van der Waals surface area contributed by atoms with E-state index in [1.165, 1.54) is 30.9 Å². The van der Waals surface area contributed by atoms with Crippen molar-refractivity contribution in [1.29, 1.82) is 0 Å². The van der Waals surface area contributed by atoms with E-state index in [4.69, 9.17) is 0 Å². The Kier molecular flexibility index (Phi) is 4.27. The summed E-state index contributed by atoms with van der Waals surface area (Å²) < 4.78 is 13.4. The lowest BCUT2D eigenvalue weighted by atomic mass is 10.2. The molecule has 1 aromatic heterocycles. The van der Waals surface area contributed by atoms with Crippen molar-refractivity contribution in [3.8, 4) is 0 Å². The average molecular weight is 276 g/mol. The first kappa shape index (κ1) is 13.7. The van der Waals surface area contributed by atoms with Crippen LogP contribution in [0.2, 0.25) is 0 Å². The molecular formula is C14H13FN2OS. The highest BCUT2D eigenvalue weighted by atomic mass is 32.2. The molecule has 0 N–H and O–H groups in total. The SMILES string of the molecule is CC(=O)c1cnc(CSc2ccccc2F)nc1C. The molecule has 2 aromatic rings. The van der Waals surface area contributed by atoms with Gasteiger partial charge >= 0.3 is 0 Å². The number of nitrogens with zero attached hydrogens (tertiary/aromatic N) is 2. The number of rotatable bonds is 4. The van der Waals surface area contributed by atoms with E-state index >= 15 is 0 Å². The number of hydrogen-bond acceptors (Lipinski definition) is 4. The minimum Gasteiger partial charge on any atom is -0.294 e. The number of aromatic nitrogens is 2. The molecule has 0 radical (unpaired) electrons. The van der Waals surface area contributed by atoms with Crippen molar-refractivity contribution in [3.63, 3.8) is 0 Å². The lowest BCUT2D eigenvalue weighted by Gasteiger charge is -2.05. The maximum atomic E-state index is 13.4. The quantitative estimate of drug-likeness (QED) is 0.634. The molecule has 0 aliphatic heterocycles. The van der Waals surface area contributed by atoms with Gasteiger partial charge in [-0.2, -0.15) is 0 Å². The van der Waals surface area contributed by atoms with Gasteiger partial charge in [0.05, 0.1) is 17.0 Å². The fourth-order valence-corrected chi connectivity index (χ4v) is 2.44. The Morgan fingerprint density at radius 2 is 2.11 bits per heavy atom. The van der Waals surface area contributed by atoms with E-state index in [9.17, 15) is 9.18 Å². The summed E-state index contributed by atoms with van der Waals surface area (Å²) in [7, 11) is 0. The number of ketones is 1. The first-order chi connectivity index (χ1) is 9.08. The van der Waals surface area contributed by atoms with Crippen molar-refractivity contribution in [3.05, 3.63) is 53.4 Å². The van der Waals surface area contributed by atoms with Gasteiger partial charge in [0, 0.05) is 11.1 Å². The van der Waals surface area contributed by atoms with Gasteiger partial charge in [-0.15, -0.1) is 11.8 Å². The topological polar surface area (TPSA) is 42.9 Å². The van der Waals surface area contributed by atoms with Gasteiger partial charge in [-0.25, -0.2) is 14.4 Å². The second-order valence-electron chi connectivity index (χ2n) is 4.06. The first-order valence-electron chi connectivity index (χ1n) is 5.78. The predicted octanol–water partition coefficient (Wildman–Crippen LogP) is 3.42. The molecule has 3 nitrogen and oxygen atoms in total. The zero-order valence-electron chi connectivity index (χ0n) is 10.7. The van der Waals surface area contributed by atoms with Gasteiger partial charge in [0.15, 0.2) is 5.78 Å². The fraction of sp³-hybridized carbons (Fsp3) is 0.214. The molecule has 0 bridgehead atoms. The first-order valence-corrected chi connectivity index (χ1v) is 6.77. The largest absolute Gasteiger partial charge is 0.294 e. The summed E-state index contributed by atoms with van der Waals surface area (Å²) in [6.07, 6.45) is 1.53. The summed E-state index contributed by atoms with van der Waals surface area (Å²) in [5, 5.41) is 0. The number of benzene rings is 1. The van der Waals surface area contributed by atoms with Crippen LogP contribution in [-0.4, -0.2) is 15.8 Å². The molecule has 0 fully saturated rings. The number of Topliss-reactive ketones (excluding diaryl/α,β-unsaturated/α-hetero) is 1. The zero-order chi connectivity index (χ0) is 13.8. The molecule has 0 atom stereocenters. The monoisotopic (exact) mass is 276 g/mol. The van der Waals surface area contributed by atoms with Crippen LogP contribution in [0.1, 0.15) is 28.8 Å². The summed E-state index contributed by atoms with van der Waals surface area (Å²) in [5.74, 6) is 0.770. The van der Waals surface area contributed by atoms with Gasteiger partial charge in [-0.05, 0) is 26.0 Å². The standard InChI is InChI=1S/C14H13FN2OS/c1-9-11(10(2)18)7-16-14(17-9)8-19-13-6-4-3-5-12(13)15/h3-7H,8H2,1-2H3. The van der Waals surface area contributed by atoms with Gasteiger partial charge in [-0.3, -0.25) is 4.79 Å². The van der Waals surface area contributed by atoms with Crippen LogP contribution in [0.15, 0.2) is 35.4 Å². The summed E-state index contributed by atoms with van der Waals surface area (Å²) in [6.45, 7) is 3.26. The van der Waals surface area contributed by atoms with E-state index in [0.717, 1.165) is 0 Å².